The first-order chi connectivity index (χ1) is 9.28. The predicted molar refractivity (Wildman–Crippen MR) is 83.6 cm³/mol. The Morgan fingerprint density at radius 3 is 2.26 bits per heavy atom. The van der Waals surface area contributed by atoms with Gasteiger partial charge in [0.15, 0.2) is 0 Å². The third-order valence-electron chi connectivity index (χ3n) is 5.05. The molecule has 2 saturated carbocycles. The lowest BCUT2D eigenvalue weighted by Crippen LogP contribution is -2.44. The Labute approximate surface area is 120 Å². The molecule has 2 fully saturated rings. The Balaban J connectivity index is 1.93. The fraction of sp³-hybridized carbons (Fsp3) is 1.00. The molecule has 0 saturated heterocycles. The van der Waals surface area contributed by atoms with Crippen molar-refractivity contribution in [1.82, 2.24) is 10.2 Å². The molecule has 1 N–H and O–H groups in total. The minimum atomic E-state index is 0.574. The number of hydrogen-bond donors (Lipinski definition) is 1. The highest BCUT2D eigenvalue weighted by Crippen LogP contribution is 2.36. The van der Waals surface area contributed by atoms with Crippen LogP contribution in [0.1, 0.15) is 71.6 Å². The summed E-state index contributed by atoms with van der Waals surface area (Å²) in [5.74, 6) is 0. The van der Waals surface area contributed by atoms with E-state index >= 15 is 0 Å². The lowest BCUT2D eigenvalue weighted by molar-refractivity contribution is 0.130. The molecule has 0 aromatic rings. The predicted octanol–water partition coefficient (Wildman–Crippen LogP) is 3.81. The minimum Gasteiger partial charge on any atom is -0.313 e. The van der Waals surface area contributed by atoms with Crippen molar-refractivity contribution in [3.63, 3.8) is 0 Å². The summed E-state index contributed by atoms with van der Waals surface area (Å²) < 4.78 is 0. The van der Waals surface area contributed by atoms with Gasteiger partial charge in [-0.3, -0.25) is 0 Å². The maximum Gasteiger partial charge on any atom is 0.00684 e. The summed E-state index contributed by atoms with van der Waals surface area (Å²) in [7, 11) is 0. The Hall–Kier alpha value is -0.0800. The van der Waals surface area contributed by atoms with Crippen molar-refractivity contribution in [2.45, 2.75) is 77.7 Å². The molecule has 0 amide bonds. The van der Waals surface area contributed by atoms with Crippen LogP contribution in [0.4, 0.5) is 0 Å². The van der Waals surface area contributed by atoms with Crippen LogP contribution in [-0.2, 0) is 0 Å². The van der Waals surface area contributed by atoms with E-state index in [1.807, 2.05) is 0 Å². The molecular formula is C17H34N2. The third-order valence-corrected chi connectivity index (χ3v) is 5.05. The lowest BCUT2D eigenvalue weighted by Gasteiger charge is -2.38. The molecular weight excluding hydrogens is 232 g/mol. The average molecular weight is 266 g/mol. The molecule has 0 bridgehead atoms. The van der Waals surface area contributed by atoms with Crippen LogP contribution in [0.5, 0.6) is 0 Å². The summed E-state index contributed by atoms with van der Waals surface area (Å²) in [5, 5.41) is 3.84. The molecule has 0 heterocycles. The maximum atomic E-state index is 3.84. The molecule has 2 rings (SSSR count). The highest BCUT2D eigenvalue weighted by atomic mass is 15.1. The molecule has 0 unspecified atom stereocenters. The molecule has 2 nitrogen and oxygen atoms in total. The Morgan fingerprint density at radius 1 is 1.05 bits per heavy atom. The van der Waals surface area contributed by atoms with Crippen molar-refractivity contribution in [2.24, 2.45) is 5.41 Å². The van der Waals surface area contributed by atoms with E-state index in [4.69, 9.17) is 0 Å². The summed E-state index contributed by atoms with van der Waals surface area (Å²) in [6.07, 6.45) is 12.9. The van der Waals surface area contributed by atoms with Crippen LogP contribution in [0.25, 0.3) is 0 Å². The fourth-order valence-electron chi connectivity index (χ4n) is 3.66. The molecule has 112 valence electrons. The number of nitrogens with zero attached hydrogens (tertiary/aromatic N) is 1. The normalized spacial score (nSPS) is 23.5. The van der Waals surface area contributed by atoms with Gasteiger partial charge in [-0.05, 0) is 50.6 Å². The van der Waals surface area contributed by atoms with Crippen molar-refractivity contribution in [1.29, 1.82) is 0 Å². The number of rotatable bonds is 8. The first-order valence-corrected chi connectivity index (χ1v) is 8.74. The van der Waals surface area contributed by atoms with Crippen LogP contribution >= 0.6 is 0 Å². The van der Waals surface area contributed by atoms with E-state index < -0.39 is 0 Å². The van der Waals surface area contributed by atoms with E-state index in [1.54, 1.807) is 0 Å². The summed E-state index contributed by atoms with van der Waals surface area (Å²) in [4.78, 5) is 2.69. The Morgan fingerprint density at radius 2 is 1.74 bits per heavy atom. The summed E-state index contributed by atoms with van der Waals surface area (Å²) in [5.41, 5.74) is 0.574. The second-order valence-corrected chi connectivity index (χ2v) is 6.94. The fourth-order valence-corrected chi connectivity index (χ4v) is 3.66. The van der Waals surface area contributed by atoms with Gasteiger partial charge in [0.2, 0.25) is 0 Å². The zero-order valence-corrected chi connectivity index (χ0v) is 13.2. The topological polar surface area (TPSA) is 15.3 Å². The average Bonchev–Trinajstić information content (AvgIpc) is 3.24. The van der Waals surface area contributed by atoms with Gasteiger partial charge in [-0.25, -0.2) is 0 Å². The van der Waals surface area contributed by atoms with Gasteiger partial charge in [0, 0.05) is 19.1 Å². The molecule has 2 heteroatoms. The highest BCUT2D eigenvalue weighted by Gasteiger charge is 2.34. The van der Waals surface area contributed by atoms with E-state index in [2.05, 4.69) is 24.1 Å². The highest BCUT2D eigenvalue weighted by molar-refractivity contribution is 4.90. The maximum absolute atomic E-state index is 3.84. The van der Waals surface area contributed by atoms with E-state index in [-0.39, 0.29) is 0 Å². The number of hydrogen-bond acceptors (Lipinski definition) is 2. The van der Waals surface area contributed by atoms with Crippen molar-refractivity contribution in [3.05, 3.63) is 0 Å². The molecule has 0 aromatic carbocycles. The van der Waals surface area contributed by atoms with Crippen LogP contribution in [0.2, 0.25) is 0 Å². The van der Waals surface area contributed by atoms with Crippen LogP contribution < -0.4 is 5.32 Å². The molecule has 0 aliphatic heterocycles. The minimum absolute atomic E-state index is 0.574. The van der Waals surface area contributed by atoms with Crippen molar-refractivity contribution in [3.8, 4) is 0 Å². The van der Waals surface area contributed by atoms with E-state index in [0.717, 1.165) is 6.04 Å². The van der Waals surface area contributed by atoms with E-state index in [1.165, 1.54) is 84.0 Å². The molecule has 2 aliphatic rings. The summed E-state index contributed by atoms with van der Waals surface area (Å²) >= 11 is 0. The van der Waals surface area contributed by atoms with Crippen molar-refractivity contribution in [2.75, 3.05) is 26.2 Å². The van der Waals surface area contributed by atoms with Crippen LogP contribution in [-0.4, -0.2) is 37.1 Å². The largest absolute Gasteiger partial charge is 0.313 e. The van der Waals surface area contributed by atoms with Gasteiger partial charge in [-0.2, -0.15) is 0 Å². The van der Waals surface area contributed by atoms with Crippen LogP contribution in [0.3, 0.4) is 0 Å². The third kappa shape index (κ3) is 5.07. The second-order valence-electron chi connectivity index (χ2n) is 6.94. The molecule has 0 radical (unpaired) electrons. The monoisotopic (exact) mass is 266 g/mol. The van der Waals surface area contributed by atoms with Gasteiger partial charge in [0.1, 0.15) is 0 Å². The SMILES string of the molecule is CCCN(CC)CC1(CNC2CC2)CCCCCC1. The van der Waals surface area contributed by atoms with Gasteiger partial charge >= 0.3 is 0 Å². The Bertz CT molecular complexity index is 240. The van der Waals surface area contributed by atoms with Gasteiger partial charge in [-0.1, -0.05) is 39.5 Å². The standard InChI is InChI=1S/C17H34N2/c1-3-13-19(4-2)15-17(14-18-16-9-10-16)11-7-5-6-8-12-17/h16,18H,3-15H2,1-2H3. The van der Waals surface area contributed by atoms with Crippen molar-refractivity contribution >= 4 is 0 Å². The lowest BCUT2D eigenvalue weighted by atomic mass is 9.79. The molecule has 0 aromatic heterocycles. The molecule has 0 spiro atoms. The van der Waals surface area contributed by atoms with Crippen LogP contribution in [0, 0.1) is 5.41 Å². The van der Waals surface area contributed by atoms with Gasteiger partial charge in [0.05, 0.1) is 0 Å². The summed E-state index contributed by atoms with van der Waals surface area (Å²) in [6, 6.07) is 0.862. The molecule has 0 atom stereocenters. The van der Waals surface area contributed by atoms with Crippen LogP contribution in [0.15, 0.2) is 0 Å². The van der Waals surface area contributed by atoms with E-state index in [0.29, 0.717) is 5.41 Å². The summed E-state index contributed by atoms with van der Waals surface area (Å²) in [6.45, 7) is 9.74. The molecule has 2 aliphatic carbocycles. The molecule has 19 heavy (non-hydrogen) atoms. The van der Waals surface area contributed by atoms with E-state index in [9.17, 15) is 0 Å². The van der Waals surface area contributed by atoms with Crippen molar-refractivity contribution < 1.29 is 0 Å². The van der Waals surface area contributed by atoms with Gasteiger partial charge in [-0.15, -0.1) is 0 Å². The first kappa shape index (κ1) is 15.3. The smallest absolute Gasteiger partial charge is 0.00684 e. The second kappa shape index (κ2) is 7.64. The first-order valence-electron chi connectivity index (χ1n) is 8.74. The Kier molecular flexibility index (Phi) is 6.15. The zero-order valence-electron chi connectivity index (χ0n) is 13.2. The number of nitrogens with one attached hydrogen (secondary N) is 1. The van der Waals surface area contributed by atoms with Gasteiger partial charge < -0.3 is 10.2 Å². The zero-order chi connectivity index (χ0) is 13.6. The van der Waals surface area contributed by atoms with Gasteiger partial charge in [0.25, 0.3) is 0 Å². The quantitative estimate of drug-likeness (QED) is 0.672.